The van der Waals surface area contributed by atoms with E-state index in [2.05, 4.69) is 53.0 Å². The Morgan fingerprint density at radius 3 is 2.33 bits per heavy atom. The molecule has 0 amide bonds. The van der Waals surface area contributed by atoms with Crippen LogP contribution in [0.25, 0.3) is 23.3 Å². The van der Waals surface area contributed by atoms with Crippen molar-refractivity contribution in [3.8, 4) is 16.9 Å². The highest BCUT2D eigenvalue weighted by molar-refractivity contribution is 5.87. The van der Waals surface area contributed by atoms with Gasteiger partial charge in [-0.3, -0.25) is 9.97 Å². The van der Waals surface area contributed by atoms with Crippen LogP contribution in [0.3, 0.4) is 0 Å². The Balaban J connectivity index is 1.81. The molecule has 5 nitrogen and oxygen atoms in total. The summed E-state index contributed by atoms with van der Waals surface area (Å²) in [6.45, 7) is 6.11. The summed E-state index contributed by atoms with van der Waals surface area (Å²) < 4.78 is 0. The summed E-state index contributed by atoms with van der Waals surface area (Å²) in [5.41, 5.74) is 14.0. The number of aromatic hydroxyl groups is 1. The van der Waals surface area contributed by atoms with Crippen LogP contribution < -0.4 is 10.6 Å². The largest absolute Gasteiger partial charge is 0.506 e. The van der Waals surface area contributed by atoms with Crippen molar-refractivity contribution in [3.63, 3.8) is 0 Å². The number of rotatable bonds is 4. The van der Waals surface area contributed by atoms with Gasteiger partial charge in [-0.2, -0.15) is 0 Å². The second-order valence-corrected chi connectivity index (χ2v) is 8.14. The van der Waals surface area contributed by atoms with Gasteiger partial charge in [-0.1, -0.05) is 41.5 Å². The second-order valence-electron chi connectivity index (χ2n) is 8.14. The monoisotopic (exact) mass is 400 g/mol. The van der Waals surface area contributed by atoms with Crippen LogP contribution in [-0.4, -0.2) is 34.2 Å². The van der Waals surface area contributed by atoms with Gasteiger partial charge in [0.15, 0.2) is 0 Å². The van der Waals surface area contributed by atoms with Crippen molar-refractivity contribution in [2.75, 3.05) is 18.0 Å². The number of aromatic nitrogens is 2. The molecule has 1 aliphatic rings. The Hall–Kier alpha value is -3.18. The number of pyridine rings is 2. The van der Waals surface area contributed by atoms with Crippen LogP contribution >= 0.6 is 0 Å². The molecule has 4 rings (SSSR count). The molecule has 0 atom stereocenters. The summed E-state index contributed by atoms with van der Waals surface area (Å²) in [6.07, 6.45) is 13.0. The maximum Gasteiger partial charge on any atom is 0.134 e. The molecule has 0 spiro atoms. The molecular formula is C25H28N4O. The van der Waals surface area contributed by atoms with Gasteiger partial charge < -0.3 is 15.7 Å². The molecule has 1 saturated heterocycles. The van der Waals surface area contributed by atoms with E-state index in [1.807, 2.05) is 18.5 Å². The van der Waals surface area contributed by atoms with E-state index < -0.39 is 0 Å². The van der Waals surface area contributed by atoms with Gasteiger partial charge in [-0.15, -0.1) is 0 Å². The number of piperidine rings is 1. The molecule has 2 aromatic heterocycles. The van der Waals surface area contributed by atoms with E-state index in [1.54, 1.807) is 12.3 Å². The molecule has 0 aliphatic carbocycles. The minimum atomic E-state index is 0.157. The Bertz CT molecular complexity index is 1050. The van der Waals surface area contributed by atoms with Crippen LogP contribution in [0.4, 0.5) is 5.69 Å². The first-order valence-corrected chi connectivity index (χ1v) is 10.4. The minimum absolute atomic E-state index is 0.157. The van der Waals surface area contributed by atoms with Crippen molar-refractivity contribution in [3.05, 3.63) is 71.3 Å². The van der Waals surface area contributed by atoms with Crippen molar-refractivity contribution in [2.45, 2.75) is 32.7 Å². The molecule has 3 N–H and O–H groups in total. The molecule has 5 heteroatoms. The van der Waals surface area contributed by atoms with Crippen LogP contribution in [-0.2, 0) is 0 Å². The summed E-state index contributed by atoms with van der Waals surface area (Å²) in [7, 11) is 0. The first-order chi connectivity index (χ1) is 14.5. The topological polar surface area (TPSA) is 75.3 Å². The quantitative estimate of drug-likeness (QED) is 0.671. The molecule has 154 valence electrons. The van der Waals surface area contributed by atoms with Gasteiger partial charge in [0.05, 0.1) is 11.9 Å². The summed E-state index contributed by atoms with van der Waals surface area (Å²) >= 11 is 0. The third-order valence-corrected chi connectivity index (χ3v) is 5.53. The number of benzene rings is 1. The van der Waals surface area contributed by atoms with Crippen molar-refractivity contribution in [1.29, 1.82) is 0 Å². The van der Waals surface area contributed by atoms with E-state index in [1.165, 1.54) is 28.6 Å². The lowest BCUT2D eigenvalue weighted by Gasteiger charge is -2.34. The summed E-state index contributed by atoms with van der Waals surface area (Å²) in [5.74, 6) is 0.157. The van der Waals surface area contributed by atoms with Gasteiger partial charge in [0.25, 0.3) is 0 Å². The number of hydrogen-bond acceptors (Lipinski definition) is 5. The van der Waals surface area contributed by atoms with Crippen molar-refractivity contribution in [2.24, 2.45) is 5.73 Å². The molecule has 0 saturated carbocycles. The Morgan fingerprint density at radius 2 is 1.63 bits per heavy atom. The van der Waals surface area contributed by atoms with Crippen LogP contribution in [0.2, 0.25) is 0 Å². The molecule has 3 aromatic rings. The zero-order valence-electron chi connectivity index (χ0n) is 17.5. The first kappa shape index (κ1) is 20.1. The zero-order valence-corrected chi connectivity index (χ0v) is 17.5. The average molecular weight is 401 g/mol. The maximum atomic E-state index is 9.71. The average Bonchev–Trinajstić information content (AvgIpc) is 2.72. The predicted molar refractivity (Wildman–Crippen MR) is 123 cm³/mol. The molecule has 1 aromatic carbocycles. The minimum Gasteiger partial charge on any atom is -0.506 e. The third-order valence-electron chi connectivity index (χ3n) is 5.53. The molecule has 3 heterocycles. The first-order valence-electron chi connectivity index (χ1n) is 10.4. The summed E-state index contributed by atoms with van der Waals surface area (Å²) in [5, 5.41) is 9.71. The fourth-order valence-electron chi connectivity index (χ4n) is 4.13. The SMILES string of the molecule is Cc1cc(C)cc(-c2cncc(/C=C/c3cncc(O)c3)c2N2CCC(N)CC2)c1. The molecule has 30 heavy (non-hydrogen) atoms. The number of anilines is 1. The Labute approximate surface area is 177 Å². The fraction of sp³-hybridized carbons (Fsp3) is 0.280. The van der Waals surface area contributed by atoms with E-state index in [4.69, 9.17) is 5.73 Å². The summed E-state index contributed by atoms with van der Waals surface area (Å²) in [4.78, 5) is 11.0. The maximum absolute atomic E-state index is 9.71. The number of nitrogens with two attached hydrogens (primary N) is 1. The van der Waals surface area contributed by atoms with Crippen LogP contribution in [0, 0.1) is 13.8 Å². The lowest BCUT2D eigenvalue weighted by molar-refractivity contribution is 0.472. The van der Waals surface area contributed by atoms with E-state index in [-0.39, 0.29) is 11.8 Å². The van der Waals surface area contributed by atoms with E-state index in [9.17, 15) is 5.11 Å². The molecule has 0 bridgehead atoms. The van der Waals surface area contributed by atoms with E-state index >= 15 is 0 Å². The van der Waals surface area contributed by atoms with Gasteiger partial charge in [-0.25, -0.2) is 0 Å². The third kappa shape index (κ3) is 4.52. The molecular weight excluding hydrogens is 372 g/mol. The van der Waals surface area contributed by atoms with E-state index in [0.29, 0.717) is 0 Å². The van der Waals surface area contributed by atoms with Gasteiger partial charge in [0, 0.05) is 48.8 Å². The number of nitrogens with zero attached hydrogens (tertiary/aromatic N) is 3. The Kier molecular flexibility index (Phi) is 5.81. The second kappa shape index (κ2) is 8.67. The predicted octanol–water partition coefficient (Wildman–Crippen LogP) is 4.56. The van der Waals surface area contributed by atoms with Crippen LogP contribution in [0.5, 0.6) is 5.75 Å². The molecule has 1 aliphatic heterocycles. The highest BCUT2D eigenvalue weighted by Gasteiger charge is 2.22. The van der Waals surface area contributed by atoms with Gasteiger partial charge in [0.1, 0.15) is 5.75 Å². The smallest absolute Gasteiger partial charge is 0.134 e. The highest BCUT2D eigenvalue weighted by Crippen LogP contribution is 2.36. The van der Waals surface area contributed by atoms with Gasteiger partial charge in [-0.05, 0) is 43.9 Å². The van der Waals surface area contributed by atoms with E-state index in [0.717, 1.165) is 42.6 Å². The highest BCUT2D eigenvalue weighted by atomic mass is 16.3. The Morgan fingerprint density at radius 1 is 0.933 bits per heavy atom. The number of hydrogen-bond donors (Lipinski definition) is 2. The van der Waals surface area contributed by atoms with Crippen molar-refractivity contribution < 1.29 is 5.11 Å². The fourth-order valence-corrected chi connectivity index (χ4v) is 4.13. The normalized spacial score (nSPS) is 15.1. The van der Waals surface area contributed by atoms with Crippen molar-refractivity contribution >= 4 is 17.8 Å². The lowest BCUT2D eigenvalue weighted by Crippen LogP contribution is -2.40. The van der Waals surface area contributed by atoms with Gasteiger partial charge >= 0.3 is 0 Å². The molecule has 0 radical (unpaired) electrons. The molecule has 0 unspecified atom stereocenters. The summed E-state index contributed by atoms with van der Waals surface area (Å²) in [6, 6.07) is 8.59. The van der Waals surface area contributed by atoms with Gasteiger partial charge in [0.2, 0.25) is 0 Å². The lowest BCUT2D eigenvalue weighted by atomic mass is 9.96. The van der Waals surface area contributed by atoms with Crippen LogP contribution in [0.15, 0.2) is 49.1 Å². The van der Waals surface area contributed by atoms with Crippen LogP contribution in [0.1, 0.15) is 35.1 Å². The number of aryl methyl sites for hydroxylation is 2. The zero-order chi connectivity index (χ0) is 21.1. The standard InChI is InChI=1S/C25H28N4O/c1-17-9-18(2)11-21(10-17)24-16-28-14-20(4-3-19-12-23(30)15-27-13-19)25(24)29-7-5-22(26)6-8-29/h3-4,9-16,22,30H,5-8,26H2,1-2H3/b4-3+. The van der Waals surface area contributed by atoms with Crippen molar-refractivity contribution in [1.82, 2.24) is 9.97 Å². The molecule has 1 fully saturated rings.